The standard InChI is InChI=1S/C32H28O12/c1-11-17(35)9-20(38)24-26-25-22(43-32(31(26)41,44-28(11)24)14-4-6-16(34)19(37)8-14)10-21(39)23-12(2)27(40)29(42-30(23)25)13-3-5-15(33)18(36)7-13/h3-10,12,26-27,29,31,33-41H,1-2H3/t12?,26?,27-,29-,31+,32+/m0/s1. The molecule has 4 aromatic rings. The fraction of sp³-hybridized carbons (Fsp3) is 0.250. The zero-order valence-electron chi connectivity index (χ0n) is 23.3. The first-order chi connectivity index (χ1) is 20.8. The van der Waals surface area contributed by atoms with Crippen LogP contribution in [0, 0.1) is 6.92 Å². The van der Waals surface area contributed by atoms with Gasteiger partial charge in [0.1, 0.15) is 46.7 Å². The highest BCUT2D eigenvalue weighted by molar-refractivity contribution is 5.70. The van der Waals surface area contributed by atoms with Crippen LogP contribution in [-0.4, -0.2) is 58.2 Å². The lowest BCUT2D eigenvalue weighted by atomic mass is 9.72. The molecule has 228 valence electrons. The van der Waals surface area contributed by atoms with Gasteiger partial charge in [0, 0.05) is 45.9 Å². The Morgan fingerprint density at radius 1 is 0.636 bits per heavy atom. The van der Waals surface area contributed by atoms with Gasteiger partial charge in [-0.3, -0.25) is 0 Å². The lowest BCUT2D eigenvalue weighted by Crippen LogP contribution is -2.57. The molecule has 4 aromatic carbocycles. The van der Waals surface area contributed by atoms with Gasteiger partial charge in [-0.25, -0.2) is 0 Å². The number of aromatic hydroxyl groups is 7. The van der Waals surface area contributed by atoms with Gasteiger partial charge in [0.2, 0.25) is 0 Å². The van der Waals surface area contributed by atoms with Crippen LogP contribution >= 0.6 is 0 Å². The molecule has 0 amide bonds. The van der Waals surface area contributed by atoms with Gasteiger partial charge < -0.3 is 60.2 Å². The SMILES string of the molecule is Cc1c(O)cc(O)c2c1O[C@@]1(c3ccc(O)c(O)c3)Oc3cc(O)c4c(c3C2[C@H]1O)O[C@@H](c1ccc(O)c(O)c1)[C@@H](O)C4C. The first kappa shape index (κ1) is 27.6. The van der Waals surface area contributed by atoms with Crippen LogP contribution in [0.2, 0.25) is 0 Å². The van der Waals surface area contributed by atoms with E-state index in [-0.39, 0.29) is 62.3 Å². The maximum absolute atomic E-state index is 12.1. The number of benzene rings is 4. The Morgan fingerprint density at radius 2 is 1.30 bits per heavy atom. The van der Waals surface area contributed by atoms with Gasteiger partial charge in [-0.05, 0) is 42.8 Å². The molecule has 3 heterocycles. The molecular formula is C32H28O12. The van der Waals surface area contributed by atoms with E-state index >= 15 is 0 Å². The molecule has 12 heteroatoms. The normalized spacial score (nSPS) is 26.3. The average Bonchev–Trinajstić information content (AvgIpc) is 2.96. The summed E-state index contributed by atoms with van der Waals surface area (Å²) in [6, 6.07) is 10.0. The molecule has 3 aliphatic rings. The largest absolute Gasteiger partial charge is 0.507 e. The van der Waals surface area contributed by atoms with Crippen molar-refractivity contribution in [1.29, 1.82) is 0 Å². The molecule has 0 aliphatic carbocycles. The fourth-order valence-electron chi connectivity index (χ4n) is 6.56. The number of hydrogen-bond acceptors (Lipinski definition) is 12. The topological polar surface area (TPSA) is 210 Å². The lowest BCUT2D eigenvalue weighted by molar-refractivity contribution is -0.219. The van der Waals surface area contributed by atoms with Crippen LogP contribution in [0.1, 0.15) is 58.2 Å². The zero-order valence-corrected chi connectivity index (χ0v) is 23.3. The first-order valence-corrected chi connectivity index (χ1v) is 13.7. The van der Waals surface area contributed by atoms with Crippen molar-refractivity contribution in [2.45, 2.75) is 49.8 Å². The second-order valence-electron chi connectivity index (χ2n) is 11.4. The van der Waals surface area contributed by atoms with Gasteiger partial charge in [0.15, 0.2) is 29.1 Å². The van der Waals surface area contributed by atoms with Crippen LogP contribution < -0.4 is 14.2 Å². The molecule has 44 heavy (non-hydrogen) atoms. The van der Waals surface area contributed by atoms with E-state index in [2.05, 4.69) is 0 Å². The Bertz CT molecular complexity index is 1870. The Kier molecular flexibility index (Phi) is 5.74. The van der Waals surface area contributed by atoms with Crippen LogP contribution in [0.25, 0.3) is 0 Å². The quantitative estimate of drug-likeness (QED) is 0.150. The Labute approximate surface area is 249 Å². The van der Waals surface area contributed by atoms with E-state index in [1.807, 2.05) is 0 Å². The molecule has 0 radical (unpaired) electrons. The minimum Gasteiger partial charge on any atom is -0.507 e. The summed E-state index contributed by atoms with van der Waals surface area (Å²) in [5, 5.41) is 96.6. The summed E-state index contributed by atoms with van der Waals surface area (Å²) >= 11 is 0. The monoisotopic (exact) mass is 604 g/mol. The van der Waals surface area contributed by atoms with Gasteiger partial charge in [0.05, 0.1) is 5.92 Å². The number of phenols is 7. The molecule has 0 spiro atoms. The summed E-state index contributed by atoms with van der Waals surface area (Å²) in [4.78, 5) is 0. The van der Waals surface area contributed by atoms with E-state index < -0.39 is 58.9 Å². The maximum atomic E-state index is 12.1. The third-order valence-electron chi connectivity index (χ3n) is 8.89. The number of hydrogen-bond donors (Lipinski definition) is 9. The molecule has 0 saturated carbocycles. The molecule has 2 bridgehead atoms. The van der Waals surface area contributed by atoms with Gasteiger partial charge in [-0.2, -0.15) is 0 Å². The number of phenolic OH excluding ortho intramolecular Hbond substituents is 7. The van der Waals surface area contributed by atoms with Crippen LogP contribution in [0.15, 0.2) is 48.5 Å². The summed E-state index contributed by atoms with van der Waals surface area (Å²) in [7, 11) is 0. The van der Waals surface area contributed by atoms with E-state index in [0.29, 0.717) is 5.56 Å². The molecule has 0 aromatic heterocycles. The summed E-state index contributed by atoms with van der Waals surface area (Å²) < 4.78 is 19.0. The average molecular weight is 605 g/mol. The van der Waals surface area contributed by atoms with Crippen LogP contribution in [-0.2, 0) is 5.79 Å². The van der Waals surface area contributed by atoms with E-state index in [4.69, 9.17) is 14.2 Å². The summed E-state index contributed by atoms with van der Waals surface area (Å²) in [6.45, 7) is 3.20. The van der Waals surface area contributed by atoms with E-state index in [1.54, 1.807) is 13.8 Å². The van der Waals surface area contributed by atoms with Crippen molar-refractivity contribution in [2.24, 2.45) is 0 Å². The molecule has 3 aliphatic heterocycles. The Hall–Kier alpha value is -5.20. The van der Waals surface area contributed by atoms with Crippen LogP contribution in [0.5, 0.6) is 57.5 Å². The van der Waals surface area contributed by atoms with Crippen molar-refractivity contribution >= 4 is 0 Å². The number of rotatable bonds is 2. The highest BCUT2D eigenvalue weighted by Crippen LogP contribution is 2.64. The molecule has 0 saturated heterocycles. The van der Waals surface area contributed by atoms with Crippen molar-refractivity contribution in [1.82, 2.24) is 0 Å². The second-order valence-corrected chi connectivity index (χ2v) is 11.4. The highest BCUT2D eigenvalue weighted by Gasteiger charge is 2.60. The van der Waals surface area contributed by atoms with Crippen molar-refractivity contribution in [3.8, 4) is 57.5 Å². The Morgan fingerprint density at radius 3 is 1.98 bits per heavy atom. The third kappa shape index (κ3) is 3.58. The number of fused-ring (bicyclic) bond motifs is 8. The molecule has 7 rings (SSSR count). The number of aliphatic hydroxyl groups excluding tert-OH is 2. The summed E-state index contributed by atoms with van der Waals surface area (Å²) in [6.07, 6.45) is -3.97. The second kappa shape index (κ2) is 9.15. The molecule has 12 nitrogen and oxygen atoms in total. The first-order valence-electron chi connectivity index (χ1n) is 13.7. The third-order valence-corrected chi connectivity index (χ3v) is 8.89. The Balaban J connectivity index is 1.51. The fourth-order valence-corrected chi connectivity index (χ4v) is 6.56. The molecule has 6 atom stereocenters. The highest BCUT2D eigenvalue weighted by atomic mass is 16.7. The summed E-state index contributed by atoms with van der Waals surface area (Å²) in [5.41, 5.74) is 1.08. The number of aliphatic hydroxyl groups is 2. The van der Waals surface area contributed by atoms with Gasteiger partial charge in [0.25, 0.3) is 0 Å². The van der Waals surface area contributed by atoms with Crippen molar-refractivity contribution in [3.63, 3.8) is 0 Å². The number of ether oxygens (including phenoxy) is 3. The van der Waals surface area contributed by atoms with Gasteiger partial charge >= 0.3 is 5.79 Å². The maximum Gasteiger partial charge on any atom is 0.305 e. The van der Waals surface area contributed by atoms with Crippen molar-refractivity contribution < 1.29 is 60.2 Å². The van der Waals surface area contributed by atoms with Gasteiger partial charge in [-0.1, -0.05) is 13.0 Å². The summed E-state index contributed by atoms with van der Waals surface area (Å²) in [5.74, 6) is -6.81. The predicted molar refractivity (Wildman–Crippen MR) is 151 cm³/mol. The van der Waals surface area contributed by atoms with Crippen LogP contribution in [0.4, 0.5) is 0 Å². The minimum absolute atomic E-state index is 0.0123. The molecule has 9 N–H and O–H groups in total. The van der Waals surface area contributed by atoms with Crippen molar-refractivity contribution in [2.75, 3.05) is 0 Å². The minimum atomic E-state index is -2.11. The van der Waals surface area contributed by atoms with E-state index in [0.717, 1.165) is 12.1 Å². The van der Waals surface area contributed by atoms with E-state index in [9.17, 15) is 46.0 Å². The zero-order chi connectivity index (χ0) is 31.4. The van der Waals surface area contributed by atoms with E-state index in [1.165, 1.54) is 36.4 Å². The van der Waals surface area contributed by atoms with Crippen molar-refractivity contribution in [3.05, 3.63) is 81.9 Å². The molecular weight excluding hydrogens is 576 g/mol. The van der Waals surface area contributed by atoms with Crippen LogP contribution in [0.3, 0.4) is 0 Å². The predicted octanol–water partition coefficient (Wildman–Crippen LogP) is 3.66. The molecule has 0 fully saturated rings. The lowest BCUT2D eigenvalue weighted by Gasteiger charge is -2.51. The molecule has 2 unspecified atom stereocenters. The van der Waals surface area contributed by atoms with Gasteiger partial charge in [-0.15, -0.1) is 0 Å². The smallest absolute Gasteiger partial charge is 0.305 e.